The molecule has 1 heterocycles. The summed E-state index contributed by atoms with van der Waals surface area (Å²) in [5, 5.41) is 0. The van der Waals surface area contributed by atoms with Crippen LogP contribution in [0.2, 0.25) is 0 Å². The van der Waals surface area contributed by atoms with E-state index in [1.54, 1.807) is 24.3 Å². The van der Waals surface area contributed by atoms with Crippen molar-refractivity contribution in [2.75, 3.05) is 46.2 Å². The third-order valence-electron chi connectivity index (χ3n) is 4.95. The van der Waals surface area contributed by atoms with Crippen LogP contribution in [-0.2, 0) is 39.8 Å². The van der Waals surface area contributed by atoms with E-state index in [1.807, 2.05) is 30.3 Å². The number of hydrogen-bond donors (Lipinski definition) is 0. The number of ether oxygens (including phenoxy) is 7. The van der Waals surface area contributed by atoms with Gasteiger partial charge in [0.15, 0.2) is 6.29 Å². The molecule has 1 fully saturated rings. The highest BCUT2D eigenvalue weighted by Gasteiger charge is 2.48. The third-order valence-corrected chi connectivity index (χ3v) is 4.95. The van der Waals surface area contributed by atoms with E-state index in [4.69, 9.17) is 33.2 Å². The molecule has 1 saturated heterocycles. The average molecular weight is 475 g/mol. The van der Waals surface area contributed by atoms with Gasteiger partial charge in [0.05, 0.1) is 52.9 Å². The van der Waals surface area contributed by atoms with E-state index >= 15 is 0 Å². The molecule has 2 rings (SSSR count). The van der Waals surface area contributed by atoms with Crippen LogP contribution in [0.25, 0.3) is 0 Å². The van der Waals surface area contributed by atoms with Crippen molar-refractivity contribution in [2.24, 2.45) is 0 Å². The van der Waals surface area contributed by atoms with Gasteiger partial charge in [0.25, 0.3) is 0 Å². The molecule has 0 bridgehead atoms. The fraction of sp³-hybridized carbons (Fsp3) is 0.481. The summed E-state index contributed by atoms with van der Waals surface area (Å²) in [5.41, 5.74) is 1.10. The Bertz CT molecular complexity index is 708. The van der Waals surface area contributed by atoms with Gasteiger partial charge in [-0.05, 0) is 5.56 Å². The molecule has 1 aromatic rings. The van der Waals surface area contributed by atoms with Crippen molar-refractivity contribution in [1.82, 2.24) is 0 Å². The second kappa shape index (κ2) is 17.4. The standard InChI is InChI=1S/C27H38O7/c1-5-14-28-21-23-24(30-15-6-2)25(31-16-7-3)26(32-17-8-4)27(34-23)33-19-18-29-20-22-12-10-9-11-13-22/h5-13,23-27H,1-4,14-21H2/t23-,24-,25+,26-,27-/m1/s1. The van der Waals surface area contributed by atoms with Crippen molar-refractivity contribution in [3.8, 4) is 0 Å². The van der Waals surface area contributed by atoms with Gasteiger partial charge >= 0.3 is 0 Å². The zero-order valence-corrected chi connectivity index (χ0v) is 19.9. The Balaban J connectivity index is 2.08. The minimum absolute atomic E-state index is 0.278. The minimum atomic E-state index is -0.712. The molecule has 0 unspecified atom stereocenters. The van der Waals surface area contributed by atoms with Crippen LogP contribution in [0, 0.1) is 0 Å². The van der Waals surface area contributed by atoms with E-state index in [-0.39, 0.29) is 6.61 Å². The van der Waals surface area contributed by atoms with E-state index in [1.165, 1.54) is 0 Å². The summed E-state index contributed by atoms with van der Waals surface area (Å²) >= 11 is 0. The molecule has 0 aliphatic carbocycles. The highest BCUT2D eigenvalue weighted by Crippen LogP contribution is 2.29. The second-order valence-corrected chi connectivity index (χ2v) is 7.54. The summed E-state index contributed by atoms with van der Waals surface area (Å²) in [7, 11) is 0. The topological polar surface area (TPSA) is 64.6 Å². The number of benzene rings is 1. The molecule has 7 nitrogen and oxygen atoms in total. The number of hydrogen-bond acceptors (Lipinski definition) is 7. The van der Waals surface area contributed by atoms with E-state index in [2.05, 4.69) is 26.3 Å². The van der Waals surface area contributed by atoms with Gasteiger partial charge in [-0.1, -0.05) is 54.6 Å². The molecule has 0 spiro atoms. The van der Waals surface area contributed by atoms with E-state index in [0.29, 0.717) is 46.2 Å². The van der Waals surface area contributed by atoms with E-state index in [0.717, 1.165) is 5.56 Å². The maximum Gasteiger partial charge on any atom is 0.187 e. The maximum absolute atomic E-state index is 6.27. The molecule has 34 heavy (non-hydrogen) atoms. The van der Waals surface area contributed by atoms with Gasteiger partial charge in [0.2, 0.25) is 0 Å². The van der Waals surface area contributed by atoms with Crippen LogP contribution in [0.1, 0.15) is 5.56 Å². The largest absolute Gasteiger partial charge is 0.375 e. The zero-order valence-electron chi connectivity index (χ0n) is 19.9. The van der Waals surface area contributed by atoms with Gasteiger partial charge in [0.1, 0.15) is 24.4 Å². The van der Waals surface area contributed by atoms with Crippen molar-refractivity contribution in [1.29, 1.82) is 0 Å². The van der Waals surface area contributed by atoms with Crippen molar-refractivity contribution < 1.29 is 33.2 Å². The molecular formula is C27H38O7. The first-order valence-electron chi connectivity index (χ1n) is 11.5. The third kappa shape index (κ3) is 9.64. The molecule has 0 saturated carbocycles. The molecule has 1 aromatic carbocycles. The SMILES string of the molecule is C=CCOC[C@H]1O[C@@H](OCCOCc2ccccc2)[C@H](OCC=C)[C@@H](OCC=C)[C@@H]1OCC=C. The van der Waals surface area contributed by atoms with Crippen LogP contribution in [0.3, 0.4) is 0 Å². The lowest BCUT2D eigenvalue weighted by Crippen LogP contribution is -2.62. The molecule has 188 valence electrons. The fourth-order valence-electron chi connectivity index (χ4n) is 3.51. The molecule has 0 N–H and O–H groups in total. The van der Waals surface area contributed by atoms with Gasteiger partial charge in [0, 0.05) is 0 Å². The lowest BCUT2D eigenvalue weighted by Gasteiger charge is -2.45. The van der Waals surface area contributed by atoms with Crippen molar-refractivity contribution in [3.05, 3.63) is 86.5 Å². The van der Waals surface area contributed by atoms with Crippen molar-refractivity contribution >= 4 is 0 Å². The van der Waals surface area contributed by atoms with Crippen LogP contribution in [-0.4, -0.2) is 77.0 Å². The monoisotopic (exact) mass is 474 g/mol. The Labute approximate surface area is 203 Å². The maximum atomic E-state index is 6.27. The van der Waals surface area contributed by atoms with Gasteiger partial charge in [-0.25, -0.2) is 0 Å². The van der Waals surface area contributed by atoms with Gasteiger partial charge in [-0.3, -0.25) is 0 Å². The Morgan fingerprint density at radius 1 is 0.676 bits per heavy atom. The molecule has 1 aliphatic rings. The van der Waals surface area contributed by atoms with Crippen LogP contribution >= 0.6 is 0 Å². The van der Waals surface area contributed by atoms with Gasteiger partial charge in [-0.15, -0.1) is 26.3 Å². The first-order valence-corrected chi connectivity index (χ1v) is 11.5. The molecule has 5 atom stereocenters. The molecular weight excluding hydrogens is 436 g/mol. The lowest BCUT2D eigenvalue weighted by atomic mass is 9.98. The highest BCUT2D eigenvalue weighted by atomic mass is 16.7. The van der Waals surface area contributed by atoms with Crippen LogP contribution in [0.5, 0.6) is 0 Å². The van der Waals surface area contributed by atoms with Gasteiger partial charge in [-0.2, -0.15) is 0 Å². The summed E-state index contributed by atoms with van der Waals surface area (Å²) in [5.74, 6) is 0. The summed E-state index contributed by atoms with van der Waals surface area (Å²) in [6.07, 6.45) is 4.04. The predicted octanol–water partition coefficient (Wildman–Crippen LogP) is 3.86. The molecule has 0 aromatic heterocycles. The Kier molecular flexibility index (Phi) is 14.4. The Morgan fingerprint density at radius 2 is 1.29 bits per heavy atom. The van der Waals surface area contributed by atoms with E-state index < -0.39 is 30.7 Å². The first kappa shape index (κ1) is 28.1. The van der Waals surface area contributed by atoms with Crippen LogP contribution < -0.4 is 0 Å². The second-order valence-electron chi connectivity index (χ2n) is 7.54. The van der Waals surface area contributed by atoms with Crippen molar-refractivity contribution in [3.63, 3.8) is 0 Å². The molecule has 0 radical (unpaired) electrons. The average Bonchev–Trinajstić information content (AvgIpc) is 2.86. The summed E-state index contributed by atoms with van der Waals surface area (Å²) in [4.78, 5) is 0. The normalized spacial score (nSPS) is 24.4. The quantitative estimate of drug-likeness (QED) is 0.223. The smallest absolute Gasteiger partial charge is 0.187 e. The van der Waals surface area contributed by atoms with Crippen molar-refractivity contribution in [2.45, 2.75) is 37.3 Å². The summed E-state index contributed by atoms with van der Waals surface area (Å²) < 4.78 is 41.9. The summed E-state index contributed by atoms with van der Waals surface area (Å²) in [6.45, 7) is 17.8. The molecule has 7 heteroatoms. The summed E-state index contributed by atoms with van der Waals surface area (Å²) in [6, 6.07) is 9.97. The lowest BCUT2D eigenvalue weighted by molar-refractivity contribution is -0.320. The first-order chi connectivity index (χ1) is 16.7. The zero-order chi connectivity index (χ0) is 24.4. The Hall–Kier alpha value is -2.10. The minimum Gasteiger partial charge on any atom is -0.375 e. The number of rotatable bonds is 19. The molecule has 0 amide bonds. The fourth-order valence-corrected chi connectivity index (χ4v) is 3.51. The predicted molar refractivity (Wildman–Crippen MR) is 132 cm³/mol. The highest BCUT2D eigenvalue weighted by molar-refractivity contribution is 5.13. The van der Waals surface area contributed by atoms with E-state index in [9.17, 15) is 0 Å². The Morgan fingerprint density at radius 3 is 1.94 bits per heavy atom. The molecule has 1 aliphatic heterocycles. The van der Waals surface area contributed by atoms with Crippen LogP contribution in [0.15, 0.2) is 81.0 Å². The van der Waals surface area contributed by atoms with Gasteiger partial charge < -0.3 is 33.2 Å². The van der Waals surface area contributed by atoms with Crippen LogP contribution in [0.4, 0.5) is 0 Å².